The average Bonchev–Trinajstić information content (AvgIpc) is 3.61. The van der Waals surface area contributed by atoms with Crippen LogP contribution in [0.25, 0.3) is 0 Å². The number of sulfonamides is 1. The number of likely N-dealkylation sites (tertiary alicyclic amines) is 1. The lowest BCUT2D eigenvalue weighted by molar-refractivity contribution is 0.103. The number of likely N-dealkylation sites (N-methyl/N-ethyl adjacent to an activating group) is 1. The summed E-state index contributed by atoms with van der Waals surface area (Å²) in [7, 11) is 0.583. The van der Waals surface area contributed by atoms with Gasteiger partial charge in [0.25, 0.3) is 0 Å². The quantitative estimate of drug-likeness (QED) is 0.381. The summed E-state index contributed by atoms with van der Waals surface area (Å²) in [5.41, 5.74) is 2.94. The lowest BCUT2D eigenvalue weighted by Crippen LogP contribution is -2.47. The summed E-state index contributed by atoms with van der Waals surface area (Å²) < 4.78 is 43.4. The molecule has 1 saturated heterocycles. The van der Waals surface area contributed by atoms with Crippen LogP contribution in [0, 0.1) is 0 Å². The van der Waals surface area contributed by atoms with E-state index in [1.54, 1.807) is 7.11 Å². The highest BCUT2D eigenvalue weighted by molar-refractivity contribution is 7.89. The van der Waals surface area contributed by atoms with Crippen molar-refractivity contribution in [3.8, 4) is 11.5 Å². The zero-order chi connectivity index (χ0) is 28.1. The van der Waals surface area contributed by atoms with Crippen molar-refractivity contribution in [1.82, 2.24) is 19.4 Å². The van der Waals surface area contributed by atoms with Crippen LogP contribution in [0.1, 0.15) is 31.7 Å². The molecule has 1 N–H and O–H groups in total. The molecular formula is C28H40N6O5S. The molecule has 0 spiro atoms. The van der Waals surface area contributed by atoms with Crippen LogP contribution in [0.15, 0.2) is 46.0 Å². The number of amidine groups is 1. The first-order valence-electron chi connectivity index (χ1n) is 14.1. The van der Waals surface area contributed by atoms with E-state index in [2.05, 4.69) is 44.8 Å². The molecule has 5 rings (SSSR count). The number of methoxy groups -OCH3 is 1. The SMILES string of the molecule is CCCS(=O)(=O)NCCOCCOc1ccc2c(c1OC)N=C(N1C=C(C3CCCN3C)C=CC1)N1CCN=C21. The van der Waals surface area contributed by atoms with E-state index in [0.717, 1.165) is 37.0 Å². The molecule has 0 aromatic heterocycles. The Morgan fingerprint density at radius 3 is 2.83 bits per heavy atom. The molecule has 0 amide bonds. The molecule has 1 aromatic carbocycles. The van der Waals surface area contributed by atoms with Gasteiger partial charge in [0.2, 0.25) is 16.0 Å². The van der Waals surface area contributed by atoms with Gasteiger partial charge in [0.05, 0.1) is 32.6 Å². The van der Waals surface area contributed by atoms with Crippen molar-refractivity contribution < 1.29 is 22.6 Å². The van der Waals surface area contributed by atoms with E-state index in [-0.39, 0.29) is 18.9 Å². The van der Waals surface area contributed by atoms with E-state index in [4.69, 9.17) is 24.2 Å². The van der Waals surface area contributed by atoms with E-state index in [0.29, 0.717) is 49.4 Å². The number of nitrogens with zero attached hydrogens (tertiary/aromatic N) is 5. The Morgan fingerprint density at radius 1 is 1.18 bits per heavy atom. The van der Waals surface area contributed by atoms with Gasteiger partial charge in [0, 0.05) is 37.4 Å². The third-order valence-electron chi connectivity index (χ3n) is 7.44. The normalized spacial score (nSPS) is 20.7. The molecule has 1 aromatic rings. The fourth-order valence-electron chi connectivity index (χ4n) is 5.58. The third kappa shape index (κ3) is 6.19. The van der Waals surface area contributed by atoms with Gasteiger partial charge in [0.1, 0.15) is 18.1 Å². The average molecular weight is 573 g/mol. The number of aliphatic imine (C=N–C) groups is 2. The van der Waals surface area contributed by atoms with E-state index in [9.17, 15) is 8.42 Å². The topological polar surface area (TPSA) is 108 Å². The first-order chi connectivity index (χ1) is 19.4. The van der Waals surface area contributed by atoms with Crippen LogP contribution in [0.5, 0.6) is 11.5 Å². The van der Waals surface area contributed by atoms with Crippen LogP contribution in [-0.4, -0.2) is 113 Å². The number of ether oxygens (including phenoxy) is 3. The minimum Gasteiger partial charge on any atom is -0.491 e. The number of hydrogen-bond acceptors (Lipinski definition) is 10. The van der Waals surface area contributed by atoms with Crippen LogP contribution in [0.4, 0.5) is 5.69 Å². The molecule has 1 fully saturated rings. The number of hydrogen-bond donors (Lipinski definition) is 1. The lowest BCUT2D eigenvalue weighted by atomic mass is 10.0. The minimum absolute atomic E-state index is 0.117. The highest BCUT2D eigenvalue weighted by atomic mass is 32.2. The zero-order valence-electron chi connectivity index (χ0n) is 23.6. The van der Waals surface area contributed by atoms with Gasteiger partial charge in [-0.05, 0) is 50.6 Å². The number of benzene rings is 1. The molecule has 0 aliphatic carbocycles. The Bertz CT molecular complexity index is 1310. The summed E-state index contributed by atoms with van der Waals surface area (Å²) in [6.07, 6.45) is 9.64. The second-order valence-electron chi connectivity index (χ2n) is 10.3. The first kappa shape index (κ1) is 28.6. The maximum absolute atomic E-state index is 11.7. The summed E-state index contributed by atoms with van der Waals surface area (Å²) >= 11 is 0. The third-order valence-corrected chi connectivity index (χ3v) is 9.03. The second kappa shape index (κ2) is 12.7. The fourth-order valence-corrected chi connectivity index (χ4v) is 6.65. The number of nitrogens with one attached hydrogen (secondary N) is 1. The minimum atomic E-state index is -3.23. The molecule has 0 saturated carbocycles. The van der Waals surface area contributed by atoms with E-state index < -0.39 is 10.0 Å². The van der Waals surface area contributed by atoms with Gasteiger partial charge < -0.3 is 19.1 Å². The van der Waals surface area contributed by atoms with Gasteiger partial charge >= 0.3 is 0 Å². The highest BCUT2D eigenvalue weighted by Crippen LogP contribution is 2.44. The molecule has 1 atom stereocenters. The Hall–Kier alpha value is -2.93. The van der Waals surface area contributed by atoms with Gasteiger partial charge in [-0.3, -0.25) is 14.8 Å². The summed E-state index contributed by atoms with van der Waals surface area (Å²) in [5.74, 6) is 3.00. The molecule has 4 heterocycles. The van der Waals surface area contributed by atoms with Crippen molar-refractivity contribution in [3.63, 3.8) is 0 Å². The number of guanidine groups is 1. The molecule has 0 bridgehead atoms. The van der Waals surface area contributed by atoms with Crippen molar-refractivity contribution in [3.05, 3.63) is 41.6 Å². The summed E-state index contributed by atoms with van der Waals surface area (Å²) in [5, 5.41) is 0. The second-order valence-corrected chi connectivity index (χ2v) is 12.2. The number of fused-ring (bicyclic) bond motifs is 3. The largest absolute Gasteiger partial charge is 0.491 e. The summed E-state index contributed by atoms with van der Waals surface area (Å²) in [6, 6.07) is 4.29. The van der Waals surface area contributed by atoms with Crippen LogP contribution in [-0.2, 0) is 14.8 Å². The van der Waals surface area contributed by atoms with Gasteiger partial charge in [0.15, 0.2) is 11.5 Å². The van der Waals surface area contributed by atoms with Gasteiger partial charge in [-0.2, -0.15) is 0 Å². The molecule has 4 aliphatic heterocycles. The van der Waals surface area contributed by atoms with Crippen LogP contribution in [0.2, 0.25) is 0 Å². The summed E-state index contributed by atoms with van der Waals surface area (Å²) in [4.78, 5) is 16.8. The van der Waals surface area contributed by atoms with Gasteiger partial charge in [-0.25, -0.2) is 18.1 Å². The van der Waals surface area contributed by atoms with Gasteiger partial charge in [-0.15, -0.1) is 0 Å². The zero-order valence-corrected chi connectivity index (χ0v) is 24.5. The molecule has 11 nitrogen and oxygen atoms in total. The van der Waals surface area contributed by atoms with Crippen molar-refractivity contribution in [2.45, 2.75) is 32.2 Å². The molecule has 218 valence electrons. The van der Waals surface area contributed by atoms with E-state index >= 15 is 0 Å². The van der Waals surface area contributed by atoms with Crippen molar-refractivity contribution in [2.24, 2.45) is 9.98 Å². The molecule has 4 aliphatic rings. The monoisotopic (exact) mass is 572 g/mol. The molecule has 1 unspecified atom stereocenters. The molecule has 12 heteroatoms. The first-order valence-corrected chi connectivity index (χ1v) is 15.7. The van der Waals surface area contributed by atoms with E-state index in [1.807, 2.05) is 19.1 Å². The van der Waals surface area contributed by atoms with Crippen molar-refractivity contribution in [2.75, 3.05) is 72.5 Å². The molecule has 40 heavy (non-hydrogen) atoms. The van der Waals surface area contributed by atoms with Crippen LogP contribution in [0.3, 0.4) is 0 Å². The van der Waals surface area contributed by atoms with Gasteiger partial charge in [-0.1, -0.05) is 19.1 Å². The Morgan fingerprint density at radius 2 is 2.05 bits per heavy atom. The van der Waals surface area contributed by atoms with Crippen molar-refractivity contribution >= 4 is 27.5 Å². The fraction of sp³-hybridized carbons (Fsp3) is 0.571. The Labute approximate surface area is 237 Å². The summed E-state index contributed by atoms with van der Waals surface area (Å²) in [6.45, 7) is 6.30. The highest BCUT2D eigenvalue weighted by Gasteiger charge is 2.35. The molecule has 0 radical (unpaired) electrons. The smallest absolute Gasteiger partial charge is 0.212 e. The lowest BCUT2D eigenvalue weighted by Gasteiger charge is -2.36. The Kier molecular flexibility index (Phi) is 9.09. The van der Waals surface area contributed by atoms with E-state index in [1.165, 1.54) is 18.4 Å². The molecular weight excluding hydrogens is 532 g/mol. The van der Waals surface area contributed by atoms with Crippen LogP contribution >= 0.6 is 0 Å². The maximum atomic E-state index is 11.7. The van der Waals surface area contributed by atoms with Crippen LogP contribution < -0.4 is 14.2 Å². The maximum Gasteiger partial charge on any atom is 0.212 e. The predicted octanol–water partition coefficient (Wildman–Crippen LogP) is 2.33. The van der Waals surface area contributed by atoms with Crippen molar-refractivity contribution in [1.29, 1.82) is 0 Å². The standard InChI is InChI=1S/C28H40N6O5S/c1-4-19-40(35,36)30-12-16-38-17-18-39-24-10-9-22-25(26(24)37-3)31-28(34-15-11-29-27(22)34)33-14-5-7-21(20-33)23-8-6-13-32(23)2/h5,7,9-10,20,23,30H,4,6,8,11-19H2,1-3H3. The Balaban J connectivity index is 1.29. The number of rotatable bonds is 12. The predicted molar refractivity (Wildman–Crippen MR) is 156 cm³/mol.